The standard InChI is InChI=1S/C17H21N3OS/c18-9-11-20(10-8-13-4-2-1-3-5-13)17(21)15-12-22-16(19-15)14-6-7-14/h1-5,12,14H,6-11,18H2. The van der Waals surface area contributed by atoms with E-state index in [2.05, 4.69) is 17.1 Å². The van der Waals surface area contributed by atoms with Gasteiger partial charge in [-0.3, -0.25) is 4.79 Å². The fourth-order valence-corrected chi connectivity index (χ4v) is 3.41. The van der Waals surface area contributed by atoms with Crippen LogP contribution < -0.4 is 5.73 Å². The third-order valence-electron chi connectivity index (χ3n) is 3.87. The highest BCUT2D eigenvalue weighted by Crippen LogP contribution is 2.41. The van der Waals surface area contributed by atoms with E-state index in [0.29, 0.717) is 31.2 Å². The van der Waals surface area contributed by atoms with Crippen LogP contribution in [0.15, 0.2) is 35.7 Å². The summed E-state index contributed by atoms with van der Waals surface area (Å²) in [6.45, 7) is 1.72. The molecule has 0 bridgehead atoms. The molecule has 2 aromatic rings. The molecule has 0 saturated heterocycles. The summed E-state index contributed by atoms with van der Waals surface area (Å²) >= 11 is 1.61. The maximum atomic E-state index is 12.6. The topological polar surface area (TPSA) is 59.2 Å². The number of amides is 1. The van der Waals surface area contributed by atoms with E-state index in [1.54, 1.807) is 11.3 Å². The smallest absolute Gasteiger partial charge is 0.273 e. The number of hydrogen-bond acceptors (Lipinski definition) is 4. The minimum atomic E-state index is 0.00420. The Kier molecular flexibility index (Phi) is 4.85. The number of nitrogens with zero attached hydrogens (tertiary/aromatic N) is 2. The molecule has 1 heterocycles. The molecule has 0 radical (unpaired) electrons. The molecule has 1 saturated carbocycles. The maximum absolute atomic E-state index is 12.6. The SMILES string of the molecule is NCCN(CCc1ccccc1)C(=O)c1csc(C2CC2)n1. The van der Waals surface area contributed by atoms with Crippen molar-refractivity contribution >= 4 is 17.2 Å². The molecule has 1 aromatic carbocycles. The molecule has 2 N–H and O–H groups in total. The highest BCUT2D eigenvalue weighted by molar-refractivity contribution is 7.10. The molecule has 1 amide bonds. The van der Waals surface area contributed by atoms with Crippen molar-refractivity contribution in [3.05, 3.63) is 52.0 Å². The molecule has 4 nitrogen and oxygen atoms in total. The molecule has 116 valence electrons. The van der Waals surface area contributed by atoms with Gasteiger partial charge in [-0.25, -0.2) is 4.98 Å². The Morgan fingerprint density at radius 3 is 2.73 bits per heavy atom. The summed E-state index contributed by atoms with van der Waals surface area (Å²) in [6, 6.07) is 10.2. The van der Waals surface area contributed by atoms with E-state index in [9.17, 15) is 4.79 Å². The zero-order valence-electron chi connectivity index (χ0n) is 12.6. The Morgan fingerprint density at radius 1 is 1.27 bits per heavy atom. The van der Waals surface area contributed by atoms with Crippen LogP contribution in [0.25, 0.3) is 0 Å². The van der Waals surface area contributed by atoms with Crippen LogP contribution in [0.2, 0.25) is 0 Å². The monoisotopic (exact) mass is 315 g/mol. The normalized spacial score (nSPS) is 14.0. The highest BCUT2D eigenvalue weighted by atomic mass is 32.1. The van der Waals surface area contributed by atoms with E-state index in [-0.39, 0.29) is 5.91 Å². The van der Waals surface area contributed by atoms with E-state index in [0.717, 1.165) is 11.4 Å². The highest BCUT2D eigenvalue weighted by Gasteiger charge is 2.28. The number of hydrogen-bond donors (Lipinski definition) is 1. The molecule has 0 aliphatic heterocycles. The van der Waals surface area contributed by atoms with Crippen LogP contribution >= 0.6 is 11.3 Å². The summed E-state index contributed by atoms with van der Waals surface area (Å²) < 4.78 is 0. The quantitative estimate of drug-likeness (QED) is 0.854. The van der Waals surface area contributed by atoms with E-state index >= 15 is 0 Å². The van der Waals surface area contributed by atoms with E-state index in [4.69, 9.17) is 5.73 Å². The van der Waals surface area contributed by atoms with Gasteiger partial charge in [0, 0.05) is 30.9 Å². The third-order valence-corrected chi connectivity index (χ3v) is 4.87. The van der Waals surface area contributed by atoms with Crippen molar-refractivity contribution in [2.24, 2.45) is 5.73 Å². The maximum Gasteiger partial charge on any atom is 0.273 e. The predicted molar refractivity (Wildman–Crippen MR) is 89.2 cm³/mol. The summed E-state index contributed by atoms with van der Waals surface area (Å²) in [4.78, 5) is 19.0. The first-order chi connectivity index (χ1) is 10.8. The van der Waals surface area contributed by atoms with Crippen molar-refractivity contribution in [2.45, 2.75) is 25.2 Å². The molecule has 3 rings (SSSR count). The molecule has 0 unspecified atom stereocenters. The lowest BCUT2D eigenvalue weighted by molar-refractivity contribution is 0.0757. The average molecular weight is 315 g/mol. The van der Waals surface area contributed by atoms with Crippen molar-refractivity contribution in [1.82, 2.24) is 9.88 Å². The Hall–Kier alpha value is -1.72. The molecule has 22 heavy (non-hydrogen) atoms. The van der Waals surface area contributed by atoms with Crippen LogP contribution in [0.3, 0.4) is 0 Å². The Morgan fingerprint density at radius 2 is 2.05 bits per heavy atom. The predicted octanol–water partition coefficient (Wildman–Crippen LogP) is 2.66. The summed E-state index contributed by atoms with van der Waals surface area (Å²) in [7, 11) is 0. The van der Waals surface area contributed by atoms with Gasteiger partial charge in [-0.1, -0.05) is 30.3 Å². The van der Waals surface area contributed by atoms with Crippen molar-refractivity contribution in [1.29, 1.82) is 0 Å². The van der Waals surface area contributed by atoms with E-state index < -0.39 is 0 Å². The van der Waals surface area contributed by atoms with Gasteiger partial charge in [-0.2, -0.15) is 0 Å². The van der Waals surface area contributed by atoms with Crippen LogP contribution in [0.1, 0.15) is 39.8 Å². The number of carbonyl (C=O) groups excluding carboxylic acids is 1. The molecule has 1 aliphatic carbocycles. The molecule has 0 spiro atoms. The number of rotatable bonds is 7. The lowest BCUT2D eigenvalue weighted by Crippen LogP contribution is -2.37. The summed E-state index contributed by atoms with van der Waals surface area (Å²) in [6.07, 6.45) is 3.26. The van der Waals surface area contributed by atoms with Gasteiger partial charge in [0.2, 0.25) is 0 Å². The zero-order chi connectivity index (χ0) is 15.4. The third kappa shape index (κ3) is 3.72. The van der Waals surface area contributed by atoms with Crippen molar-refractivity contribution in [3.63, 3.8) is 0 Å². The van der Waals surface area contributed by atoms with Crippen LogP contribution in [-0.4, -0.2) is 35.4 Å². The van der Waals surface area contributed by atoms with E-state index in [1.165, 1.54) is 18.4 Å². The van der Waals surface area contributed by atoms with Crippen LogP contribution in [0.5, 0.6) is 0 Å². The number of thiazole rings is 1. The van der Waals surface area contributed by atoms with Gasteiger partial charge in [0.05, 0.1) is 5.01 Å². The van der Waals surface area contributed by atoms with Gasteiger partial charge < -0.3 is 10.6 Å². The Labute approximate surface area is 135 Å². The van der Waals surface area contributed by atoms with Gasteiger partial charge in [0.15, 0.2) is 0 Å². The van der Waals surface area contributed by atoms with Crippen molar-refractivity contribution in [3.8, 4) is 0 Å². The second-order valence-electron chi connectivity index (χ2n) is 5.66. The lowest BCUT2D eigenvalue weighted by Gasteiger charge is -2.21. The first kappa shape index (κ1) is 15.2. The zero-order valence-corrected chi connectivity index (χ0v) is 13.4. The molecule has 1 aromatic heterocycles. The largest absolute Gasteiger partial charge is 0.336 e. The number of carbonyl (C=O) groups is 1. The minimum Gasteiger partial charge on any atom is -0.336 e. The Bertz CT molecular complexity index is 622. The second-order valence-corrected chi connectivity index (χ2v) is 6.55. The fraction of sp³-hybridized carbons (Fsp3) is 0.412. The van der Waals surface area contributed by atoms with Crippen LogP contribution in [-0.2, 0) is 6.42 Å². The van der Waals surface area contributed by atoms with Crippen LogP contribution in [0, 0.1) is 0 Å². The molecular weight excluding hydrogens is 294 g/mol. The van der Waals surface area contributed by atoms with Crippen molar-refractivity contribution in [2.75, 3.05) is 19.6 Å². The van der Waals surface area contributed by atoms with Crippen molar-refractivity contribution < 1.29 is 4.79 Å². The van der Waals surface area contributed by atoms with Gasteiger partial charge in [-0.15, -0.1) is 11.3 Å². The number of aromatic nitrogens is 1. The van der Waals surface area contributed by atoms with Gasteiger partial charge >= 0.3 is 0 Å². The molecule has 1 aliphatic rings. The first-order valence-electron chi connectivity index (χ1n) is 7.76. The summed E-state index contributed by atoms with van der Waals surface area (Å²) in [5, 5.41) is 3.00. The fourth-order valence-electron chi connectivity index (χ4n) is 2.45. The molecular formula is C17H21N3OS. The number of nitrogens with two attached hydrogens (primary N) is 1. The van der Waals surface area contributed by atoms with Gasteiger partial charge in [0.25, 0.3) is 5.91 Å². The minimum absolute atomic E-state index is 0.00420. The summed E-state index contributed by atoms with van der Waals surface area (Å²) in [5.41, 5.74) is 7.47. The first-order valence-corrected chi connectivity index (χ1v) is 8.64. The Balaban J connectivity index is 1.64. The van der Waals surface area contributed by atoms with Gasteiger partial charge in [0.1, 0.15) is 5.69 Å². The lowest BCUT2D eigenvalue weighted by atomic mass is 10.1. The molecule has 5 heteroatoms. The average Bonchev–Trinajstić information content (AvgIpc) is 3.29. The molecule has 1 fully saturated rings. The van der Waals surface area contributed by atoms with E-state index in [1.807, 2.05) is 28.5 Å². The second kappa shape index (κ2) is 7.03. The summed E-state index contributed by atoms with van der Waals surface area (Å²) in [5.74, 6) is 0.600. The number of benzene rings is 1. The van der Waals surface area contributed by atoms with Crippen LogP contribution in [0.4, 0.5) is 0 Å². The molecule has 0 atom stereocenters. The van der Waals surface area contributed by atoms with Gasteiger partial charge in [-0.05, 0) is 24.8 Å².